The Morgan fingerprint density at radius 2 is 1.96 bits per heavy atom. The van der Waals surface area contributed by atoms with Gasteiger partial charge in [0.05, 0.1) is 6.20 Å². The molecule has 2 aromatic heterocycles. The summed E-state index contributed by atoms with van der Waals surface area (Å²) in [5, 5.41) is 3.20. The summed E-state index contributed by atoms with van der Waals surface area (Å²) < 4.78 is 5.50. The third-order valence-electron chi connectivity index (χ3n) is 5.50. The largest absolute Gasteiger partial charge is 0.381 e. The van der Waals surface area contributed by atoms with Crippen molar-refractivity contribution in [2.24, 2.45) is 11.8 Å². The van der Waals surface area contributed by atoms with Crippen LogP contribution in [0.5, 0.6) is 0 Å². The zero-order valence-electron chi connectivity index (χ0n) is 15.8. The standard InChI is InChI=1S/C20H28N6O/c1-2-17(14-26(7-1)13-16-3-8-27-9-4-16)10-18-11-19(24-15-23-18)25-20-12-21-5-6-22-20/h5-6,11-12,15-17H,1-4,7-10,13-14H2,(H,22,23,24,25)/t17-/m0/s1. The van der Waals surface area contributed by atoms with Crippen molar-refractivity contribution in [3.8, 4) is 0 Å². The molecule has 0 unspecified atom stereocenters. The van der Waals surface area contributed by atoms with Gasteiger partial charge in [-0.15, -0.1) is 0 Å². The van der Waals surface area contributed by atoms with E-state index in [9.17, 15) is 0 Å². The molecule has 0 amide bonds. The minimum atomic E-state index is 0.665. The fourth-order valence-corrected chi connectivity index (χ4v) is 4.15. The van der Waals surface area contributed by atoms with E-state index in [0.717, 1.165) is 37.1 Å². The van der Waals surface area contributed by atoms with E-state index < -0.39 is 0 Å². The minimum Gasteiger partial charge on any atom is -0.381 e. The summed E-state index contributed by atoms with van der Waals surface area (Å²) in [6, 6.07) is 2.03. The van der Waals surface area contributed by atoms with Crippen LogP contribution in [-0.2, 0) is 11.2 Å². The first-order valence-corrected chi connectivity index (χ1v) is 9.99. The van der Waals surface area contributed by atoms with Crippen LogP contribution in [0.15, 0.2) is 31.0 Å². The van der Waals surface area contributed by atoms with Crippen LogP contribution in [0.25, 0.3) is 0 Å². The van der Waals surface area contributed by atoms with E-state index in [1.165, 1.54) is 45.3 Å². The van der Waals surface area contributed by atoms with Gasteiger partial charge >= 0.3 is 0 Å². The van der Waals surface area contributed by atoms with Gasteiger partial charge in [0.15, 0.2) is 0 Å². The van der Waals surface area contributed by atoms with Crippen LogP contribution in [0, 0.1) is 11.8 Å². The summed E-state index contributed by atoms with van der Waals surface area (Å²) in [6.07, 6.45) is 12.6. The lowest BCUT2D eigenvalue weighted by atomic mass is 9.91. The number of anilines is 2. The van der Waals surface area contributed by atoms with Gasteiger partial charge in [-0.3, -0.25) is 4.98 Å². The van der Waals surface area contributed by atoms with Gasteiger partial charge in [-0.25, -0.2) is 15.0 Å². The molecule has 2 aliphatic rings. The molecule has 7 nitrogen and oxygen atoms in total. The maximum Gasteiger partial charge on any atom is 0.150 e. The van der Waals surface area contributed by atoms with E-state index in [0.29, 0.717) is 11.7 Å². The van der Waals surface area contributed by atoms with Gasteiger partial charge in [-0.1, -0.05) is 0 Å². The second-order valence-electron chi connectivity index (χ2n) is 7.64. The Bertz CT molecular complexity index is 707. The Morgan fingerprint density at radius 3 is 2.81 bits per heavy atom. The summed E-state index contributed by atoms with van der Waals surface area (Å²) >= 11 is 0. The number of hydrogen-bond donors (Lipinski definition) is 1. The maximum absolute atomic E-state index is 5.50. The molecule has 0 radical (unpaired) electrons. The molecule has 2 aliphatic heterocycles. The zero-order valence-corrected chi connectivity index (χ0v) is 15.8. The molecule has 2 fully saturated rings. The maximum atomic E-state index is 5.50. The number of aromatic nitrogens is 4. The summed E-state index contributed by atoms with van der Waals surface area (Å²) in [5.41, 5.74) is 1.09. The average molecular weight is 368 g/mol. The van der Waals surface area contributed by atoms with Crippen molar-refractivity contribution in [1.82, 2.24) is 24.8 Å². The Balaban J connectivity index is 1.32. The normalized spacial score (nSPS) is 21.9. The van der Waals surface area contributed by atoms with E-state index in [1.54, 1.807) is 24.9 Å². The van der Waals surface area contributed by atoms with Crippen LogP contribution in [0.3, 0.4) is 0 Å². The Kier molecular flexibility index (Phi) is 6.21. The lowest BCUT2D eigenvalue weighted by molar-refractivity contribution is 0.0452. The van der Waals surface area contributed by atoms with Crippen molar-refractivity contribution in [2.45, 2.75) is 32.1 Å². The highest BCUT2D eigenvalue weighted by atomic mass is 16.5. The summed E-state index contributed by atoms with van der Waals surface area (Å²) in [6.45, 7) is 5.50. The Hall–Kier alpha value is -2.12. The predicted octanol–water partition coefficient (Wildman–Crippen LogP) is 2.69. The molecule has 1 atom stereocenters. The van der Waals surface area contributed by atoms with Crippen molar-refractivity contribution >= 4 is 11.6 Å². The molecule has 27 heavy (non-hydrogen) atoms. The summed E-state index contributed by atoms with van der Waals surface area (Å²) in [5.74, 6) is 2.94. The van der Waals surface area contributed by atoms with Crippen LogP contribution >= 0.6 is 0 Å². The highest BCUT2D eigenvalue weighted by Gasteiger charge is 2.24. The molecule has 0 aliphatic carbocycles. The predicted molar refractivity (Wildman–Crippen MR) is 104 cm³/mol. The molecule has 2 saturated heterocycles. The minimum absolute atomic E-state index is 0.665. The third kappa shape index (κ3) is 5.43. The number of rotatable bonds is 6. The van der Waals surface area contributed by atoms with Crippen LogP contribution in [0.4, 0.5) is 11.6 Å². The molecule has 7 heteroatoms. The molecular weight excluding hydrogens is 340 g/mol. The highest BCUT2D eigenvalue weighted by Crippen LogP contribution is 2.24. The fourth-order valence-electron chi connectivity index (χ4n) is 4.15. The molecule has 0 spiro atoms. The monoisotopic (exact) mass is 368 g/mol. The number of likely N-dealkylation sites (tertiary alicyclic amines) is 1. The van der Waals surface area contributed by atoms with Crippen molar-refractivity contribution in [1.29, 1.82) is 0 Å². The van der Waals surface area contributed by atoms with Gasteiger partial charge in [0.1, 0.15) is 18.0 Å². The van der Waals surface area contributed by atoms with Crippen molar-refractivity contribution in [3.63, 3.8) is 0 Å². The van der Waals surface area contributed by atoms with Crippen molar-refractivity contribution < 1.29 is 4.74 Å². The SMILES string of the molecule is c1cnc(Nc2cc(C[C@@H]3CCCN(CC4CCOCC4)C3)ncn2)cn1. The Labute approximate surface area is 160 Å². The second-order valence-corrected chi connectivity index (χ2v) is 7.64. The summed E-state index contributed by atoms with van der Waals surface area (Å²) in [4.78, 5) is 19.8. The van der Waals surface area contributed by atoms with E-state index in [4.69, 9.17) is 4.74 Å². The van der Waals surface area contributed by atoms with Gasteiger partial charge in [0.2, 0.25) is 0 Å². The molecule has 4 heterocycles. The zero-order chi connectivity index (χ0) is 18.3. The van der Waals surface area contributed by atoms with Crippen LogP contribution < -0.4 is 5.32 Å². The molecule has 4 rings (SSSR count). The van der Waals surface area contributed by atoms with Crippen molar-refractivity contribution in [2.75, 3.05) is 38.2 Å². The van der Waals surface area contributed by atoms with Gasteiger partial charge in [-0.2, -0.15) is 0 Å². The summed E-state index contributed by atoms with van der Waals surface area (Å²) in [7, 11) is 0. The van der Waals surface area contributed by atoms with E-state index in [2.05, 4.69) is 30.2 Å². The number of nitrogens with one attached hydrogen (secondary N) is 1. The van der Waals surface area contributed by atoms with Gasteiger partial charge in [-0.05, 0) is 50.5 Å². The quantitative estimate of drug-likeness (QED) is 0.840. The third-order valence-corrected chi connectivity index (χ3v) is 5.50. The average Bonchev–Trinajstić information content (AvgIpc) is 2.70. The molecule has 2 aromatic rings. The number of piperidine rings is 1. The van der Waals surface area contributed by atoms with E-state index in [-0.39, 0.29) is 0 Å². The number of nitrogens with zero attached hydrogens (tertiary/aromatic N) is 5. The Morgan fingerprint density at radius 1 is 1.04 bits per heavy atom. The van der Waals surface area contributed by atoms with Gasteiger partial charge in [0.25, 0.3) is 0 Å². The topological polar surface area (TPSA) is 76.1 Å². The molecule has 0 aromatic carbocycles. The molecule has 0 bridgehead atoms. The fraction of sp³-hybridized carbons (Fsp3) is 0.600. The van der Waals surface area contributed by atoms with Crippen molar-refractivity contribution in [3.05, 3.63) is 36.7 Å². The first kappa shape index (κ1) is 18.3. The van der Waals surface area contributed by atoms with Crippen LogP contribution in [-0.4, -0.2) is 57.7 Å². The first-order valence-electron chi connectivity index (χ1n) is 9.99. The van der Waals surface area contributed by atoms with Crippen LogP contribution in [0.1, 0.15) is 31.4 Å². The van der Waals surface area contributed by atoms with Crippen LogP contribution in [0.2, 0.25) is 0 Å². The molecular formula is C20H28N6O. The lowest BCUT2D eigenvalue weighted by Gasteiger charge is -2.36. The number of hydrogen-bond acceptors (Lipinski definition) is 7. The highest BCUT2D eigenvalue weighted by molar-refractivity contribution is 5.49. The van der Waals surface area contributed by atoms with E-state index in [1.807, 2.05) is 6.07 Å². The van der Waals surface area contributed by atoms with Gasteiger partial charge in [0, 0.05) is 50.5 Å². The number of ether oxygens (including phenoxy) is 1. The molecule has 0 saturated carbocycles. The first-order chi connectivity index (χ1) is 13.3. The second kappa shape index (κ2) is 9.19. The van der Waals surface area contributed by atoms with E-state index >= 15 is 0 Å². The lowest BCUT2D eigenvalue weighted by Crippen LogP contribution is -2.40. The molecule has 1 N–H and O–H groups in total. The van der Waals surface area contributed by atoms with Gasteiger partial charge < -0.3 is 15.0 Å². The molecule has 144 valence electrons. The smallest absolute Gasteiger partial charge is 0.150 e.